The van der Waals surface area contributed by atoms with Crippen molar-refractivity contribution >= 4 is 21.8 Å². The molecule has 0 bridgehead atoms. The summed E-state index contributed by atoms with van der Waals surface area (Å²) in [6, 6.07) is 2.65. The second-order valence-corrected chi connectivity index (χ2v) is 5.32. The number of alkyl halides is 1. The summed E-state index contributed by atoms with van der Waals surface area (Å²) in [5.74, 6) is 0.525. The summed E-state index contributed by atoms with van der Waals surface area (Å²) < 4.78 is 12.7. The van der Waals surface area contributed by atoms with Gasteiger partial charge in [-0.3, -0.25) is 4.79 Å². The van der Waals surface area contributed by atoms with Gasteiger partial charge in [-0.2, -0.15) is 0 Å². The van der Waals surface area contributed by atoms with Crippen molar-refractivity contribution in [1.82, 2.24) is 10.3 Å². The molecule has 2 atom stereocenters. The number of hydrogen-bond donors (Lipinski definition) is 1. The first-order chi connectivity index (χ1) is 8.70. The third-order valence-electron chi connectivity index (χ3n) is 3.50. The zero-order valence-electron chi connectivity index (χ0n) is 10.0. The molecule has 1 N–H and O–H groups in total. The van der Waals surface area contributed by atoms with Gasteiger partial charge in [0.05, 0.1) is 6.20 Å². The Morgan fingerprint density at radius 3 is 2.89 bits per heavy atom. The summed E-state index contributed by atoms with van der Waals surface area (Å²) in [7, 11) is 0. The lowest BCUT2D eigenvalue weighted by molar-refractivity contribution is 0.0939. The Kier molecular flexibility index (Phi) is 4.69. The van der Waals surface area contributed by atoms with Crippen LogP contribution in [-0.2, 0) is 0 Å². The van der Waals surface area contributed by atoms with E-state index < -0.39 is 5.82 Å². The van der Waals surface area contributed by atoms with E-state index in [1.165, 1.54) is 25.0 Å². The number of rotatable bonds is 4. The molecule has 1 aromatic rings. The van der Waals surface area contributed by atoms with Gasteiger partial charge in [0.15, 0.2) is 0 Å². The van der Waals surface area contributed by atoms with Crippen molar-refractivity contribution in [3.63, 3.8) is 0 Å². The molecule has 1 heterocycles. The van der Waals surface area contributed by atoms with Crippen LogP contribution in [0.2, 0.25) is 0 Å². The van der Waals surface area contributed by atoms with E-state index in [-0.39, 0.29) is 11.6 Å². The van der Waals surface area contributed by atoms with E-state index in [0.717, 1.165) is 17.9 Å². The minimum absolute atomic E-state index is 0.227. The number of halogens is 2. The molecule has 1 aromatic heterocycles. The third-order valence-corrected chi connectivity index (χ3v) is 4.33. The first kappa shape index (κ1) is 13.5. The summed E-state index contributed by atoms with van der Waals surface area (Å²) in [6.07, 6.45) is 4.67. The van der Waals surface area contributed by atoms with Crippen molar-refractivity contribution in [3.05, 3.63) is 29.8 Å². The van der Waals surface area contributed by atoms with Crippen molar-refractivity contribution in [2.24, 2.45) is 11.8 Å². The second kappa shape index (κ2) is 6.27. The standard InChI is InChI=1S/C13H16BrFN2O/c14-6-9-2-1-3-10(9)7-17-13(18)12-5-4-11(15)8-16-12/h4-5,8-10H,1-3,6-7H2,(H,17,18). The van der Waals surface area contributed by atoms with Gasteiger partial charge in [-0.15, -0.1) is 0 Å². The van der Waals surface area contributed by atoms with Gasteiger partial charge < -0.3 is 5.32 Å². The van der Waals surface area contributed by atoms with Crippen molar-refractivity contribution in [2.45, 2.75) is 19.3 Å². The largest absolute Gasteiger partial charge is 0.350 e. The average molecular weight is 315 g/mol. The number of nitrogens with zero attached hydrogens (tertiary/aromatic N) is 1. The maximum Gasteiger partial charge on any atom is 0.269 e. The van der Waals surface area contributed by atoms with E-state index >= 15 is 0 Å². The number of carbonyl (C=O) groups excluding carboxylic acids is 1. The number of pyridine rings is 1. The molecular formula is C13H16BrFN2O. The van der Waals surface area contributed by atoms with Crippen LogP contribution in [0.1, 0.15) is 29.8 Å². The average Bonchev–Trinajstić information content (AvgIpc) is 2.84. The smallest absolute Gasteiger partial charge is 0.269 e. The van der Waals surface area contributed by atoms with Gasteiger partial charge in [0.1, 0.15) is 11.5 Å². The number of aromatic nitrogens is 1. The molecule has 0 radical (unpaired) electrons. The Labute approximate surface area is 114 Å². The number of hydrogen-bond acceptors (Lipinski definition) is 2. The Hall–Kier alpha value is -0.970. The topological polar surface area (TPSA) is 42.0 Å². The molecule has 18 heavy (non-hydrogen) atoms. The number of carbonyl (C=O) groups is 1. The van der Waals surface area contributed by atoms with Crippen LogP contribution in [0.25, 0.3) is 0 Å². The predicted octanol–water partition coefficient (Wildman–Crippen LogP) is 2.76. The molecule has 1 amide bonds. The first-order valence-corrected chi connectivity index (χ1v) is 7.28. The van der Waals surface area contributed by atoms with Crippen molar-refractivity contribution in [1.29, 1.82) is 0 Å². The van der Waals surface area contributed by atoms with Crippen LogP contribution in [0.4, 0.5) is 4.39 Å². The minimum Gasteiger partial charge on any atom is -0.350 e. The van der Waals surface area contributed by atoms with E-state index in [1.807, 2.05) is 0 Å². The van der Waals surface area contributed by atoms with Gasteiger partial charge in [0, 0.05) is 11.9 Å². The Morgan fingerprint density at radius 1 is 1.44 bits per heavy atom. The van der Waals surface area contributed by atoms with Crippen molar-refractivity contribution < 1.29 is 9.18 Å². The van der Waals surface area contributed by atoms with E-state index in [4.69, 9.17) is 0 Å². The summed E-state index contributed by atoms with van der Waals surface area (Å²) in [6.45, 7) is 0.675. The molecule has 1 aliphatic carbocycles. The Morgan fingerprint density at radius 2 is 2.22 bits per heavy atom. The van der Waals surface area contributed by atoms with Gasteiger partial charge >= 0.3 is 0 Å². The molecular weight excluding hydrogens is 299 g/mol. The van der Waals surface area contributed by atoms with E-state index in [9.17, 15) is 9.18 Å². The highest BCUT2D eigenvalue weighted by Crippen LogP contribution is 2.32. The van der Waals surface area contributed by atoms with Crippen LogP contribution in [0.3, 0.4) is 0 Å². The monoisotopic (exact) mass is 314 g/mol. The molecule has 5 heteroatoms. The molecule has 2 rings (SSSR count). The highest BCUT2D eigenvalue weighted by molar-refractivity contribution is 9.09. The molecule has 1 saturated carbocycles. The fraction of sp³-hybridized carbons (Fsp3) is 0.538. The van der Waals surface area contributed by atoms with Crippen LogP contribution >= 0.6 is 15.9 Å². The lowest BCUT2D eigenvalue weighted by Crippen LogP contribution is -2.31. The lowest BCUT2D eigenvalue weighted by atomic mass is 9.98. The maximum absolute atomic E-state index is 12.7. The van der Waals surface area contributed by atoms with Gasteiger partial charge in [0.25, 0.3) is 5.91 Å². The molecule has 98 valence electrons. The highest BCUT2D eigenvalue weighted by Gasteiger charge is 2.26. The van der Waals surface area contributed by atoms with Crippen LogP contribution in [0.5, 0.6) is 0 Å². The quantitative estimate of drug-likeness (QED) is 0.868. The van der Waals surface area contributed by atoms with Crippen LogP contribution in [-0.4, -0.2) is 22.8 Å². The summed E-state index contributed by atoms with van der Waals surface area (Å²) in [5, 5.41) is 3.87. The molecule has 2 unspecified atom stereocenters. The molecule has 3 nitrogen and oxygen atoms in total. The zero-order chi connectivity index (χ0) is 13.0. The van der Waals surface area contributed by atoms with E-state index in [1.54, 1.807) is 0 Å². The van der Waals surface area contributed by atoms with Gasteiger partial charge in [-0.25, -0.2) is 9.37 Å². The van der Waals surface area contributed by atoms with Gasteiger partial charge in [0.2, 0.25) is 0 Å². The lowest BCUT2D eigenvalue weighted by Gasteiger charge is -2.17. The Balaban J connectivity index is 1.86. The zero-order valence-corrected chi connectivity index (χ0v) is 11.6. The molecule has 0 aliphatic heterocycles. The molecule has 1 aliphatic rings. The first-order valence-electron chi connectivity index (χ1n) is 6.16. The molecule has 0 spiro atoms. The maximum atomic E-state index is 12.7. The summed E-state index contributed by atoms with van der Waals surface area (Å²) in [5.41, 5.74) is 0.268. The minimum atomic E-state index is -0.429. The van der Waals surface area contributed by atoms with Crippen molar-refractivity contribution in [2.75, 3.05) is 11.9 Å². The SMILES string of the molecule is O=C(NCC1CCCC1CBr)c1ccc(F)cn1. The molecule has 0 saturated heterocycles. The molecule has 1 fully saturated rings. The third kappa shape index (κ3) is 3.28. The van der Waals surface area contributed by atoms with Crippen LogP contribution in [0.15, 0.2) is 18.3 Å². The normalized spacial score (nSPS) is 23.0. The fourth-order valence-corrected chi connectivity index (χ4v) is 3.26. The van der Waals surface area contributed by atoms with E-state index in [2.05, 4.69) is 26.2 Å². The van der Waals surface area contributed by atoms with Crippen molar-refractivity contribution in [3.8, 4) is 0 Å². The molecule has 0 aromatic carbocycles. The second-order valence-electron chi connectivity index (χ2n) is 4.68. The van der Waals surface area contributed by atoms with Gasteiger partial charge in [-0.1, -0.05) is 22.4 Å². The predicted molar refractivity (Wildman–Crippen MR) is 71.2 cm³/mol. The van der Waals surface area contributed by atoms with Gasteiger partial charge in [-0.05, 0) is 36.8 Å². The summed E-state index contributed by atoms with van der Waals surface area (Å²) in [4.78, 5) is 15.6. The summed E-state index contributed by atoms with van der Waals surface area (Å²) >= 11 is 3.51. The van der Waals surface area contributed by atoms with E-state index in [0.29, 0.717) is 18.4 Å². The number of amides is 1. The van der Waals surface area contributed by atoms with Crippen LogP contribution in [0, 0.1) is 17.7 Å². The highest BCUT2D eigenvalue weighted by atomic mass is 79.9. The number of nitrogens with one attached hydrogen (secondary N) is 1. The fourth-order valence-electron chi connectivity index (χ4n) is 2.41. The Bertz CT molecular complexity index is 410. The van der Waals surface area contributed by atoms with Crippen LogP contribution < -0.4 is 5.32 Å².